The number of imide groups is 1. The molecule has 1 aliphatic heterocycles. The second-order valence-corrected chi connectivity index (χ2v) is 9.30. The number of allylic oxidation sites excluding steroid dienone is 2. The first-order valence-corrected chi connectivity index (χ1v) is 12.0. The fourth-order valence-electron chi connectivity index (χ4n) is 4.37. The smallest absolute Gasteiger partial charge is 0.331 e. The van der Waals surface area contributed by atoms with Gasteiger partial charge in [0.25, 0.3) is 0 Å². The van der Waals surface area contributed by atoms with Gasteiger partial charge < -0.3 is 10.4 Å². The van der Waals surface area contributed by atoms with Crippen molar-refractivity contribution in [3.8, 4) is 0 Å². The Morgan fingerprint density at radius 1 is 1.17 bits per heavy atom. The molecule has 0 spiro atoms. The first-order chi connectivity index (χ1) is 16.8. The van der Waals surface area contributed by atoms with E-state index in [1.54, 1.807) is 0 Å². The van der Waals surface area contributed by atoms with E-state index in [9.17, 15) is 19.5 Å². The van der Waals surface area contributed by atoms with Crippen molar-refractivity contribution in [2.45, 2.75) is 52.4 Å². The molecule has 4 rings (SSSR count). The number of carbonyl (C=O) groups is 3. The fourth-order valence-corrected chi connectivity index (χ4v) is 4.37. The van der Waals surface area contributed by atoms with Crippen molar-refractivity contribution < 1.29 is 19.5 Å². The summed E-state index contributed by atoms with van der Waals surface area (Å²) in [7, 11) is 0. The van der Waals surface area contributed by atoms with E-state index >= 15 is 0 Å². The molecule has 0 bridgehead atoms. The molecule has 2 aromatic carbocycles. The van der Waals surface area contributed by atoms with Crippen LogP contribution in [0.15, 0.2) is 54.6 Å². The van der Waals surface area contributed by atoms with E-state index in [0.29, 0.717) is 0 Å². The lowest BCUT2D eigenvalue weighted by molar-refractivity contribution is -0.141. The van der Waals surface area contributed by atoms with Crippen LogP contribution in [0.5, 0.6) is 0 Å². The molecule has 184 valence electrons. The molecule has 4 amide bonds. The minimum Gasteiger partial charge on any atom is -0.481 e. The average molecular weight is 477 g/mol. The Hall–Kier alpha value is -3.81. The van der Waals surface area contributed by atoms with Crippen LogP contribution in [0.4, 0.5) is 15.3 Å². The lowest BCUT2D eigenvalue weighted by Gasteiger charge is -2.41. The molecule has 2 atom stereocenters. The number of amides is 4. The van der Waals surface area contributed by atoms with Crippen molar-refractivity contribution in [1.82, 2.24) is 15.1 Å². The zero-order valence-corrected chi connectivity index (χ0v) is 20.2. The average Bonchev–Trinajstić information content (AvgIpc) is 2.86. The topological polar surface area (TPSA) is 102 Å². The van der Waals surface area contributed by atoms with Gasteiger partial charge in [-0.1, -0.05) is 55.0 Å². The van der Waals surface area contributed by atoms with Crippen LogP contribution >= 0.6 is 0 Å². The van der Waals surface area contributed by atoms with Crippen LogP contribution in [0.1, 0.15) is 49.3 Å². The van der Waals surface area contributed by atoms with Crippen LogP contribution in [0.3, 0.4) is 0 Å². The minimum absolute atomic E-state index is 0.208. The zero-order chi connectivity index (χ0) is 24.9. The summed E-state index contributed by atoms with van der Waals surface area (Å²) in [6.45, 7) is 3.51. The minimum atomic E-state index is -1.07. The Bertz CT molecular complexity index is 1130. The van der Waals surface area contributed by atoms with E-state index in [1.165, 1.54) is 30.2 Å². The van der Waals surface area contributed by atoms with Gasteiger partial charge in [0, 0.05) is 12.2 Å². The van der Waals surface area contributed by atoms with Crippen LogP contribution in [0.2, 0.25) is 0 Å². The number of hydrogen-bond donors (Lipinski definition) is 3. The number of carbonyl (C=O) groups excluding carboxylic acids is 2. The number of anilines is 1. The highest BCUT2D eigenvalue weighted by Crippen LogP contribution is 2.29. The highest BCUT2D eigenvalue weighted by molar-refractivity contribution is 5.96. The van der Waals surface area contributed by atoms with Crippen LogP contribution in [-0.4, -0.2) is 45.8 Å². The molecule has 35 heavy (non-hydrogen) atoms. The lowest BCUT2D eigenvalue weighted by Crippen LogP contribution is -2.67. The number of rotatable bonds is 8. The van der Waals surface area contributed by atoms with Gasteiger partial charge in [0.05, 0.1) is 12.5 Å². The molecule has 1 fully saturated rings. The monoisotopic (exact) mass is 476 g/mol. The fraction of sp³-hybridized carbons (Fsp3) is 0.370. The lowest BCUT2D eigenvalue weighted by atomic mass is 9.93. The molecule has 0 aromatic heterocycles. The van der Waals surface area contributed by atoms with E-state index in [0.717, 1.165) is 40.1 Å². The largest absolute Gasteiger partial charge is 0.481 e. The molecule has 8 heteroatoms. The molecule has 0 saturated carbocycles. The zero-order valence-electron chi connectivity index (χ0n) is 20.2. The summed E-state index contributed by atoms with van der Waals surface area (Å²) in [6.07, 6.45) is 5.99. The molecule has 0 radical (unpaired) electrons. The Balaban J connectivity index is 1.59. The van der Waals surface area contributed by atoms with Gasteiger partial charge in [0.1, 0.15) is 0 Å². The van der Waals surface area contributed by atoms with Crippen molar-refractivity contribution in [3.63, 3.8) is 0 Å². The number of nitrogens with one attached hydrogen (secondary N) is 2. The summed E-state index contributed by atoms with van der Waals surface area (Å²) in [5.74, 6) is -1.94. The standard InChI is InChI=1S/C27H32N4O4/c1-18-11-13-20(14-12-18)17-30-25(29-26(34)31(27(30)35)16-19(2)24(32)33)28-23-10-6-9-22(15-23)21-7-4-3-5-8-21/h6-7,9-15,19,25,28H,3-5,8,16-17H2,1-2H3,(H,29,34)(H,32,33)/t19-,25?/m0/s1. The van der Waals surface area contributed by atoms with Crippen molar-refractivity contribution >= 4 is 29.3 Å². The molecule has 1 aliphatic carbocycles. The number of urea groups is 2. The molecule has 1 unspecified atom stereocenters. The van der Waals surface area contributed by atoms with Gasteiger partial charge in [0.2, 0.25) is 0 Å². The van der Waals surface area contributed by atoms with E-state index in [1.807, 2.05) is 49.4 Å². The maximum atomic E-state index is 13.4. The van der Waals surface area contributed by atoms with Gasteiger partial charge in [-0.3, -0.25) is 15.0 Å². The Kier molecular flexibility index (Phi) is 7.39. The number of nitrogens with zero attached hydrogens (tertiary/aromatic N) is 2. The van der Waals surface area contributed by atoms with Crippen molar-refractivity contribution in [2.75, 3.05) is 11.9 Å². The first kappa shape index (κ1) is 24.3. The number of benzene rings is 2. The number of aryl methyl sites for hydroxylation is 1. The van der Waals surface area contributed by atoms with Crippen LogP contribution in [0, 0.1) is 12.8 Å². The first-order valence-electron chi connectivity index (χ1n) is 12.0. The molecular weight excluding hydrogens is 444 g/mol. The highest BCUT2D eigenvalue weighted by Gasteiger charge is 2.39. The number of hydrogen-bond acceptors (Lipinski definition) is 4. The summed E-state index contributed by atoms with van der Waals surface area (Å²) in [5, 5.41) is 15.4. The van der Waals surface area contributed by atoms with E-state index in [2.05, 4.69) is 22.8 Å². The normalized spacial score (nSPS) is 19.1. The maximum absolute atomic E-state index is 13.4. The van der Waals surface area contributed by atoms with Gasteiger partial charge in [0.15, 0.2) is 6.29 Å². The van der Waals surface area contributed by atoms with Gasteiger partial charge in [-0.2, -0.15) is 0 Å². The number of carboxylic acids is 1. The summed E-state index contributed by atoms with van der Waals surface area (Å²) in [4.78, 5) is 40.1. The Morgan fingerprint density at radius 2 is 1.94 bits per heavy atom. The van der Waals surface area contributed by atoms with Gasteiger partial charge in [-0.15, -0.1) is 0 Å². The maximum Gasteiger partial charge on any atom is 0.331 e. The van der Waals surface area contributed by atoms with Crippen molar-refractivity contribution in [2.24, 2.45) is 5.92 Å². The molecule has 1 heterocycles. The third-order valence-electron chi connectivity index (χ3n) is 6.47. The summed E-state index contributed by atoms with van der Waals surface area (Å²) < 4.78 is 0. The summed E-state index contributed by atoms with van der Waals surface area (Å²) in [5.41, 5.74) is 5.24. The van der Waals surface area contributed by atoms with Gasteiger partial charge in [-0.25, -0.2) is 14.5 Å². The third kappa shape index (κ3) is 5.82. The Labute approximate surface area is 205 Å². The van der Waals surface area contributed by atoms with E-state index in [-0.39, 0.29) is 13.1 Å². The van der Waals surface area contributed by atoms with E-state index in [4.69, 9.17) is 0 Å². The second-order valence-electron chi connectivity index (χ2n) is 9.30. The SMILES string of the molecule is Cc1ccc(CN2C(=O)N(C[C@H](C)C(=O)O)C(=O)NC2Nc2cccc(C3=CCCCC3)c2)cc1. The van der Waals surface area contributed by atoms with Crippen LogP contribution < -0.4 is 10.6 Å². The van der Waals surface area contributed by atoms with Gasteiger partial charge in [-0.05, 0) is 61.4 Å². The molecule has 2 aliphatic rings. The van der Waals surface area contributed by atoms with Crippen molar-refractivity contribution in [1.29, 1.82) is 0 Å². The predicted molar refractivity (Wildman–Crippen MR) is 134 cm³/mol. The summed E-state index contributed by atoms with van der Waals surface area (Å²) >= 11 is 0. The van der Waals surface area contributed by atoms with E-state index < -0.39 is 30.2 Å². The molecule has 1 saturated heterocycles. The van der Waals surface area contributed by atoms with Crippen molar-refractivity contribution in [3.05, 3.63) is 71.3 Å². The molecule has 8 nitrogen and oxygen atoms in total. The summed E-state index contributed by atoms with van der Waals surface area (Å²) in [6, 6.07) is 14.7. The second kappa shape index (κ2) is 10.6. The third-order valence-corrected chi connectivity index (χ3v) is 6.47. The molecular formula is C27H32N4O4. The van der Waals surface area contributed by atoms with Crippen LogP contribution in [-0.2, 0) is 11.3 Å². The number of aliphatic carboxylic acids is 1. The molecule has 3 N–H and O–H groups in total. The van der Waals surface area contributed by atoms with Gasteiger partial charge >= 0.3 is 18.0 Å². The predicted octanol–water partition coefficient (Wildman–Crippen LogP) is 5.02. The van der Waals surface area contributed by atoms with Crippen LogP contribution in [0.25, 0.3) is 5.57 Å². The highest BCUT2D eigenvalue weighted by atomic mass is 16.4. The Morgan fingerprint density at radius 3 is 2.63 bits per heavy atom. The molecule has 2 aromatic rings. The number of carboxylic acid groups (broad SMARTS) is 1. The quantitative estimate of drug-likeness (QED) is 0.497.